The summed E-state index contributed by atoms with van der Waals surface area (Å²) in [7, 11) is 0. The van der Waals surface area contributed by atoms with Crippen molar-refractivity contribution in [3.63, 3.8) is 0 Å². The van der Waals surface area contributed by atoms with Crippen molar-refractivity contribution >= 4 is 28.1 Å². The molecule has 40 heavy (non-hydrogen) atoms. The maximum absolute atomic E-state index is 13.9. The van der Waals surface area contributed by atoms with Gasteiger partial charge in [-0.3, -0.25) is 9.80 Å². The van der Waals surface area contributed by atoms with E-state index >= 15 is 0 Å². The average Bonchev–Trinajstić information content (AvgIpc) is 3.15. The number of ether oxygens (including phenoxy) is 1. The van der Waals surface area contributed by atoms with Gasteiger partial charge < -0.3 is 10.1 Å². The fourth-order valence-corrected chi connectivity index (χ4v) is 5.48. The number of allylic oxidation sites excluding steroid dienone is 2. The third kappa shape index (κ3) is 5.28. The Kier molecular flexibility index (Phi) is 7.31. The van der Waals surface area contributed by atoms with Crippen LogP contribution >= 0.6 is 0 Å². The van der Waals surface area contributed by atoms with Crippen molar-refractivity contribution in [2.45, 2.75) is 64.8 Å². The molecule has 0 saturated heterocycles. The number of amides is 1. The maximum atomic E-state index is 13.9. The second kappa shape index (κ2) is 10.7. The Labute approximate surface area is 235 Å². The zero-order chi connectivity index (χ0) is 28.5. The first-order valence-corrected chi connectivity index (χ1v) is 13.7. The summed E-state index contributed by atoms with van der Waals surface area (Å²) in [5.41, 5.74) is 4.83. The number of hydrazone groups is 1. The SMILES string of the molecule is CCOC1(C)C=CC(c2cc(C(=O)NC3C(C)=NN(Cc4ccc(C#N)cc4)C3(C)C)c3ccccc3n2)=CC1. The fraction of sp³-hybridized carbons (Fsp3) is 0.333. The van der Waals surface area contributed by atoms with Gasteiger partial charge in [0.15, 0.2) is 0 Å². The van der Waals surface area contributed by atoms with Crippen LogP contribution in [-0.4, -0.2) is 45.4 Å². The lowest BCUT2D eigenvalue weighted by Gasteiger charge is -2.36. The van der Waals surface area contributed by atoms with Crippen LogP contribution in [0.5, 0.6) is 0 Å². The van der Waals surface area contributed by atoms with Crippen molar-refractivity contribution < 1.29 is 9.53 Å². The van der Waals surface area contributed by atoms with Gasteiger partial charge in [-0.05, 0) is 76.4 Å². The van der Waals surface area contributed by atoms with E-state index in [1.807, 2.05) is 79.5 Å². The first-order chi connectivity index (χ1) is 19.1. The van der Waals surface area contributed by atoms with Gasteiger partial charge in [0, 0.05) is 12.0 Å². The molecule has 1 N–H and O–H groups in total. The van der Waals surface area contributed by atoms with Gasteiger partial charge in [0.05, 0.1) is 57.8 Å². The minimum Gasteiger partial charge on any atom is -0.371 e. The molecule has 0 saturated carbocycles. The van der Waals surface area contributed by atoms with Gasteiger partial charge in [0.1, 0.15) is 0 Å². The van der Waals surface area contributed by atoms with E-state index in [1.165, 1.54) is 0 Å². The summed E-state index contributed by atoms with van der Waals surface area (Å²) in [5.74, 6) is -0.160. The summed E-state index contributed by atoms with van der Waals surface area (Å²) in [6.45, 7) is 11.4. The molecule has 1 aliphatic carbocycles. The molecule has 1 amide bonds. The highest BCUT2D eigenvalue weighted by Gasteiger charge is 2.43. The van der Waals surface area contributed by atoms with E-state index in [2.05, 4.69) is 44.3 Å². The number of nitriles is 1. The number of carbonyl (C=O) groups excluding carboxylic acids is 1. The molecule has 0 radical (unpaired) electrons. The highest BCUT2D eigenvalue weighted by molar-refractivity contribution is 6.08. The summed E-state index contributed by atoms with van der Waals surface area (Å²) in [6.07, 6.45) is 6.98. The number of para-hydroxylation sites is 1. The largest absolute Gasteiger partial charge is 0.371 e. The fourth-order valence-electron chi connectivity index (χ4n) is 5.48. The molecule has 2 unspecified atom stereocenters. The lowest BCUT2D eigenvalue weighted by molar-refractivity contribution is 0.0155. The van der Waals surface area contributed by atoms with Crippen LogP contribution in [0.25, 0.3) is 16.5 Å². The van der Waals surface area contributed by atoms with Crippen LogP contribution in [0.2, 0.25) is 0 Å². The Hall–Kier alpha value is -4.28. The molecule has 5 rings (SSSR count). The quantitative estimate of drug-likeness (QED) is 0.401. The van der Waals surface area contributed by atoms with Gasteiger partial charge in [0.2, 0.25) is 0 Å². The molecule has 0 bridgehead atoms. The number of nitrogens with zero attached hydrogens (tertiary/aromatic N) is 4. The van der Waals surface area contributed by atoms with Gasteiger partial charge in [-0.2, -0.15) is 10.4 Å². The van der Waals surface area contributed by atoms with Crippen LogP contribution in [0.1, 0.15) is 68.2 Å². The normalized spacial score (nSPS) is 21.6. The van der Waals surface area contributed by atoms with E-state index in [1.54, 1.807) is 0 Å². The Morgan fingerprint density at radius 3 is 2.60 bits per heavy atom. The minimum absolute atomic E-state index is 0.160. The molecule has 1 aliphatic heterocycles. The number of rotatable bonds is 7. The molecule has 2 aromatic carbocycles. The van der Waals surface area contributed by atoms with Gasteiger partial charge in [0.25, 0.3) is 5.91 Å². The predicted octanol–water partition coefficient (Wildman–Crippen LogP) is 6.01. The lowest BCUT2D eigenvalue weighted by atomic mass is 9.90. The summed E-state index contributed by atoms with van der Waals surface area (Å²) < 4.78 is 5.90. The van der Waals surface area contributed by atoms with Crippen molar-refractivity contribution in [2.75, 3.05) is 6.61 Å². The molecule has 7 heteroatoms. The number of nitrogens with one attached hydrogen (secondary N) is 1. The van der Waals surface area contributed by atoms with Crippen molar-refractivity contribution in [3.05, 3.63) is 95.2 Å². The standard InChI is InChI=1S/C33H35N5O2/c1-6-40-33(5)17-15-25(16-18-33)29-19-27(26-9-7-8-10-28(26)35-29)31(39)36-30-22(2)37-38(32(30,3)4)21-24-13-11-23(20-34)12-14-24/h7-17,19,30H,6,18,21H2,1-5H3,(H,36,39). The van der Waals surface area contributed by atoms with Crippen molar-refractivity contribution in [1.29, 1.82) is 5.26 Å². The molecule has 3 aromatic rings. The second-order valence-corrected chi connectivity index (χ2v) is 11.2. The topological polar surface area (TPSA) is 90.6 Å². The first-order valence-electron chi connectivity index (χ1n) is 13.7. The molecule has 2 heterocycles. The van der Waals surface area contributed by atoms with Crippen LogP contribution in [0.3, 0.4) is 0 Å². The molecule has 0 fully saturated rings. The number of hydrogen-bond donors (Lipinski definition) is 1. The van der Waals surface area contributed by atoms with E-state index < -0.39 is 5.54 Å². The molecule has 0 spiro atoms. The monoisotopic (exact) mass is 533 g/mol. The van der Waals surface area contributed by atoms with Crippen LogP contribution in [0, 0.1) is 11.3 Å². The van der Waals surface area contributed by atoms with E-state index in [0.717, 1.165) is 39.9 Å². The van der Waals surface area contributed by atoms with Crippen LogP contribution < -0.4 is 5.32 Å². The number of benzene rings is 2. The van der Waals surface area contributed by atoms with Crippen LogP contribution in [-0.2, 0) is 11.3 Å². The van der Waals surface area contributed by atoms with E-state index in [-0.39, 0.29) is 17.6 Å². The smallest absolute Gasteiger partial charge is 0.252 e. The van der Waals surface area contributed by atoms with Crippen molar-refractivity contribution in [3.8, 4) is 6.07 Å². The molecular formula is C33H35N5O2. The summed E-state index contributed by atoms with van der Waals surface area (Å²) in [5, 5.41) is 20.0. The Balaban J connectivity index is 1.41. The van der Waals surface area contributed by atoms with Crippen LogP contribution in [0.4, 0.5) is 0 Å². The van der Waals surface area contributed by atoms with Crippen molar-refractivity contribution in [2.24, 2.45) is 5.10 Å². The van der Waals surface area contributed by atoms with E-state index in [4.69, 9.17) is 20.1 Å². The summed E-state index contributed by atoms with van der Waals surface area (Å²) in [4.78, 5) is 18.8. The Morgan fingerprint density at radius 2 is 1.93 bits per heavy atom. The second-order valence-electron chi connectivity index (χ2n) is 11.2. The summed E-state index contributed by atoms with van der Waals surface area (Å²) in [6, 6.07) is 19.0. The van der Waals surface area contributed by atoms with E-state index in [9.17, 15) is 4.79 Å². The number of aromatic nitrogens is 1. The molecule has 204 valence electrons. The predicted molar refractivity (Wildman–Crippen MR) is 159 cm³/mol. The highest BCUT2D eigenvalue weighted by atomic mass is 16.5. The van der Waals surface area contributed by atoms with Crippen molar-refractivity contribution in [1.82, 2.24) is 15.3 Å². The van der Waals surface area contributed by atoms with E-state index in [0.29, 0.717) is 24.3 Å². The van der Waals surface area contributed by atoms with Gasteiger partial charge in [-0.15, -0.1) is 0 Å². The molecule has 2 atom stereocenters. The Bertz CT molecular complexity index is 1580. The molecular weight excluding hydrogens is 498 g/mol. The minimum atomic E-state index is -0.461. The third-order valence-corrected chi connectivity index (χ3v) is 7.83. The summed E-state index contributed by atoms with van der Waals surface area (Å²) >= 11 is 0. The maximum Gasteiger partial charge on any atom is 0.252 e. The molecule has 1 aromatic heterocycles. The Morgan fingerprint density at radius 1 is 1.18 bits per heavy atom. The first kappa shape index (κ1) is 27.3. The zero-order valence-electron chi connectivity index (χ0n) is 23.7. The molecule has 7 nitrogen and oxygen atoms in total. The number of fused-ring (bicyclic) bond motifs is 1. The molecule has 2 aliphatic rings. The van der Waals surface area contributed by atoms with Gasteiger partial charge in [-0.25, -0.2) is 4.98 Å². The number of carbonyl (C=O) groups is 1. The number of hydrogen-bond acceptors (Lipinski definition) is 6. The highest BCUT2D eigenvalue weighted by Crippen LogP contribution is 2.32. The number of pyridine rings is 1. The van der Waals surface area contributed by atoms with Gasteiger partial charge in [-0.1, -0.05) is 48.6 Å². The lowest BCUT2D eigenvalue weighted by Crippen LogP contribution is -2.55. The van der Waals surface area contributed by atoms with Crippen LogP contribution in [0.15, 0.2) is 77.9 Å². The third-order valence-electron chi connectivity index (χ3n) is 7.83. The average molecular weight is 534 g/mol. The zero-order valence-corrected chi connectivity index (χ0v) is 23.7. The van der Waals surface area contributed by atoms with Gasteiger partial charge >= 0.3 is 0 Å².